The summed E-state index contributed by atoms with van der Waals surface area (Å²) in [5.41, 5.74) is 0. The molecule has 0 saturated heterocycles. The molecular formula is C10H12N4. The molecule has 0 N–H and O–H groups in total. The Labute approximate surface area is 82.7 Å². The lowest BCUT2D eigenvalue weighted by Crippen LogP contribution is -1.99. The van der Waals surface area contributed by atoms with Crippen molar-refractivity contribution in [3.05, 3.63) is 43.0 Å². The molecule has 2 aromatic rings. The van der Waals surface area contributed by atoms with Crippen LogP contribution in [0.1, 0.15) is 12.2 Å². The first kappa shape index (κ1) is 8.87. The Morgan fingerprint density at radius 2 is 2.00 bits per heavy atom. The number of aromatic nitrogens is 4. The average molecular weight is 188 g/mol. The van der Waals surface area contributed by atoms with E-state index in [2.05, 4.69) is 19.5 Å². The smallest absolute Gasteiger partial charge is 0.128 e. The highest BCUT2D eigenvalue weighted by atomic mass is 15.0. The standard InChI is InChI=1S/C10H12N4/c1(7-14-8-6-11-9-14)3-10-12-4-2-5-13-10/h2,4-6,8-9H,1,3,7H2. The molecule has 0 amide bonds. The van der Waals surface area contributed by atoms with Gasteiger partial charge in [-0.25, -0.2) is 15.0 Å². The predicted octanol–water partition coefficient (Wildman–Crippen LogP) is 1.31. The summed E-state index contributed by atoms with van der Waals surface area (Å²) in [6.07, 6.45) is 11.1. The zero-order chi connectivity index (χ0) is 9.64. The van der Waals surface area contributed by atoms with Crippen LogP contribution in [0.5, 0.6) is 0 Å². The molecule has 2 rings (SSSR count). The van der Waals surface area contributed by atoms with Crippen LogP contribution in [0.3, 0.4) is 0 Å². The van der Waals surface area contributed by atoms with Crippen LogP contribution >= 0.6 is 0 Å². The highest BCUT2D eigenvalue weighted by molar-refractivity contribution is 4.88. The second-order valence-electron chi connectivity index (χ2n) is 3.07. The molecule has 4 heteroatoms. The van der Waals surface area contributed by atoms with Crippen molar-refractivity contribution in [1.29, 1.82) is 0 Å². The Balaban J connectivity index is 1.79. The lowest BCUT2D eigenvalue weighted by Gasteiger charge is -2.00. The van der Waals surface area contributed by atoms with Crippen molar-refractivity contribution in [3.8, 4) is 0 Å². The van der Waals surface area contributed by atoms with Crippen LogP contribution in [0.2, 0.25) is 0 Å². The van der Waals surface area contributed by atoms with Crippen molar-refractivity contribution >= 4 is 0 Å². The maximum Gasteiger partial charge on any atom is 0.128 e. The van der Waals surface area contributed by atoms with Gasteiger partial charge in [0.15, 0.2) is 0 Å². The molecule has 0 fully saturated rings. The Morgan fingerprint density at radius 1 is 1.14 bits per heavy atom. The summed E-state index contributed by atoms with van der Waals surface area (Å²) in [5, 5.41) is 0. The fourth-order valence-electron chi connectivity index (χ4n) is 1.30. The molecular weight excluding hydrogens is 176 g/mol. The van der Waals surface area contributed by atoms with Gasteiger partial charge in [-0.2, -0.15) is 0 Å². The normalized spacial score (nSPS) is 10.3. The van der Waals surface area contributed by atoms with Crippen molar-refractivity contribution in [2.24, 2.45) is 0 Å². The van der Waals surface area contributed by atoms with E-state index >= 15 is 0 Å². The summed E-state index contributed by atoms with van der Waals surface area (Å²) in [6.45, 7) is 0.970. The van der Waals surface area contributed by atoms with E-state index in [4.69, 9.17) is 0 Å². The number of hydrogen-bond donors (Lipinski definition) is 0. The van der Waals surface area contributed by atoms with Gasteiger partial charge in [-0.05, 0) is 12.5 Å². The predicted molar refractivity (Wildman–Crippen MR) is 52.6 cm³/mol. The highest BCUT2D eigenvalue weighted by Crippen LogP contribution is 1.97. The van der Waals surface area contributed by atoms with Gasteiger partial charge in [0.1, 0.15) is 5.82 Å². The van der Waals surface area contributed by atoms with Gasteiger partial charge < -0.3 is 4.57 Å². The average Bonchev–Trinajstić information content (AvgIpc) is 2.72. The van der Waals surface area contributed by atoms with E-state index in [1.807, 2.05) is 18.6 Å². The maximum absolute atomic E-state index is 4.16. The molecule has 0 saturated carbocycles. The van der Waals surface area contributed by atoms with Crippen LogP contribution in [0.15, 0.2) is 37.2 Å². The van der Waals surface area contributed by atoms with Crippen molar-refractivity contribution in [2.75, 3.05) is 0 Å². The van der Waals surface area contributed by atoms with Crippen LogP contribution in [0, 0.1) is 0 Å². The first-order valence-electron chi connectivity index (χ1n) is 4.67. The number of imidazole rings is 1. The SMILES string of the molecule is c1cnc(CCCn2ccnc2)nc1. The van der Waals surface area contributed by atoms with E-state index in [0.717, 1.165) is 25.2 Å². The lowest BCUT2D eigenvalue weighted by molar-refractivity contribution is 0.628. The summed E-state index contributed by atoms with van der Waals surface area (Å²) in [7, 11) is 0. The monoisotopic (exact) mass is 188 g/mol. The molecule has 0 spiro atoms. The molecule has 0 unspecified atom stereocenters. The zero-order valence-corrected chi connectivity index (χ0v) is 7.87. The van der Waals surface area contributed by atoms with E-state index in [1.165, 1.54) is 0 Å². The largest absolute Gasteiger partial charge is 0.337 e. The van der Waals surface area contributed by atoms with Gasteiger partial charge in [-0.3, -0.25) is 0 Å². The van der Waals surface area contributed by atoms with E-state index in [9.17, 15) is 0 Å². The van der Waals surface area contributed by atoms with Crippen LogP contribution in [0.4, 0.5) is 0 Å². The fraction of sp³-hybridized carbons (Fsp3) is 0.300. The van der Waals surface area contributed by atoms with Crippen molar-refractivity contribution < 1.29 is 0 Å². The van der Waals surface area contributed by atoms with Crippen molar-refractivity contribution in [1.82, 2.24) is 19.5 Å². The molecule has 0 aromatic carbocycles. The minimum atomic E-state index is 0.910. The molecule has 0 atom stereocenters. The van der Waals surface area contributed by atoms with Gasteiger partial charge in [0.2, 0.25) is 0 Å². The molecule has 0 aliphatic rings. The van der Waals surface area contributed by atoms with Crippen LogP contribution in [0.25, 0.3) is 0 Å². The van der Waals surface area contributed by atoms with Crippen molar-refractivity contribution in [2.45, 2.75) is 19.4 Å². The van der Waals surface area contributed by atoms with E-state index < -0.39 is 0 Å². The van der Waals surface area contributed by atoms with Gasteiger partial charge in [0.05, 0.1) is 6.33 Å². The summed E-state index contributed by atoms with van der Waals surface area (Å²) in [4.78, 5) is 12.3. The first-order chi connectivity index (χ1) is 6.95. The minimum absolute atomic E-state index is 0.910. The molecule has 0 radical (unpaired) electrons. The second kappa shape index (κ2) is 4.50. The quantitative estimate of drug-likeness (QED) is 0.726. The molecule has 0 aliphatic heterocycles. The summed E-state index contributed by atoms with van der Waals surface area (Å²) in [6, 6.07) is 1.83. The first-order valence-corrected chi connectivity index (χ1v) is 4.67. The maximum atomic E-state index is 4.16. The highest BCUT2D eigenvalue weighted by Gasteiger charge is 1.95. The van der Waals surface area contributed by atoms with Crippen LogP contribution < -0.4 is 0 Å². The third-order valence-corrected chi connectivity index (χ3v) is 2.00. The van der Waals surface area contributed by atoms with Gasteiger partial charge in [-0.15, -0.1) is 0 Å². The molecule has 0 bridgehead atoms. The molecule has 4 nitrogen and oxygen atoms in total. The number of nitrogens with zero attached hydrogens (tertiary/aromatic N) is 4. The third-order valence-electron chi connectivity index (χ3n) is 2.00. The summed E-state index contributed by atoms with van der Waals surface area (Å²) >= 11 is 0. The van der Waals surface area contributed by atoms with E-state index in [1.54, 1.807) is 18.6 Å². The molecule has 0 aliphatic carbocycles. The van der Waals surface area contributed by atoms with Crippen LogP contribution in [-0.2, 0) is 13.0 Å². The minimum Gasteiger partial charge on any atom is -0.337 e. The number of hydrogen-bond acceptors (Lipinski definition) is 3. The Kier molecular flexibility index (Phi) is 2.85. The zero-order valence-electron chi connectivity index (χ0n) is 7.87. The van der Waals surface area contributed by atoms with Crippen LogP contribution in [-0.4, -0.2) is 19.5 Å². The van der Waals surface area contributed by atoms with Gasteiger partial charge in [0.25, 0.3) is 0 Å². The Bertz CT molecular complexity index is 355. The van der Waals surface area contributed by atoms with E-state index in [0.29, 0.717) is 0 Å². The Hall–Kier alpha value is -1.71. The topological polar surface area (TPSA) is 43.6 Å². The Morgan fingerprint density at radius 3 is 2.71 bits per heavy atom. The molecule has 2 aromatic heterocycles. The van der Waals surface area contributed by atoms with Crippen molar-refractivity contribution in [3.63, 3.8) is 0 Å². The van der Waals surface area contributed by atoms with Gasteiger partial charge >= 0.3 is 0 Å². The van der Waals surface area contributed by atoms with Gasteiger partial charge in [-0.1, -0.05) is 0 Å². The second-order valence-corrected chi connectivity index (χ2v) is 3.07. The number of rotatable bonds is 4. The molecule has 14 heavy (non-hydrogen) atoms. The summed E-state index contributed by atoms with van der Waals surface area (Å²) in [5.74, 6) is 0.910. The summed E-state index contributed by atoms with van der Waals surface area (Å²) < 4.78 is 2.06. The third kappa shape index (κ3) is 2.39. The number of aryl methyl sites for hydroxylation is 2. The van der Waals surface area contributed by atoms with Gasteiger partial charge in [0, 0.05) is 37.8 Å². The molecule has 72 valence electrons. The lowest BCUT2D eigenvalue weighted by atomic mass is 10.3. The fourth-order valence-corrected chi connectivity index (χ4v) is 1.30. The van der Waals surface area contributed by atoms with E-state index in [-0.39, 0.29) is 0 Å². The molecule has 2 heterocycles.